The molecular weight excluding hydrogens is 472 g/mol. The lowest BCUT2D eigenvalue weighted by atomic mass is 9.97. The molecule has 1 amide bonds. The van der Waals surface area contributed by atoms with Gasteiger partial charge < -0.3 is 23.7 Å². The third kappa shape index (κ3) is 6.05. The molecule has 0 unspecified atom stereocenters. The highest BCUT2D eigenvalue weighted by molar-refractivity contribution is 7.22. The number of fused-ring (bicyclic) bond motifs is 1. The summed E-state index contributed by atoms with van der Waals surface area (Å²) in [5, 5.41) is 2.80. The molecule has 0 aliphatic carbocycles. The Kier molecular flexibility index (Phi) is 7.79. The summed E-state index contributed by atoms with van der Waals surface area (Å²) >= 11 is 1.19. The lowest BCUT2D eigenvalue weighted by Crippen LogP contribution is -2.64. The highest BCUT2D eigenvalue weighted by Gasteiger charge is 2.55. The molecule has 1 fully saturated rings. The van der Waals surface area contributed by atoms with Crippen LogP contribution in [0.1, 0.15) is 27.7 Å². The Hall–Kier alpha value is -3.58. The molecule has 2 aromatic rings. The first-order chi connectivity index (χ1) is 16.0. The summed E-state index contributed by atoms with van der Waals surface area (Å²) in [6.07, 6.45) is -7.82. The van der Waals surface area contributed by atoms with E-state index >= 15 is 0 Å². The van der Waals surface area contributed by atoms with Crippen LogP contribution in [0, 0.1) is 0 Å². The van der Waals surface area contributed by atoms with E-state index in [1.54, 1.807) is 12.1 Å². The molecule has 1 aliphatic heterocycles. The molecule has 2 heterocycles. The van der Waals surface area contributed by atoms with E-state index in [0.717, 1.165) is 32.4 Å². The Morgan fingerprint density at radius 1 is 0.824 bits per heavy atom. The molecule has 182 valence electrons. The molecule has 3 rings (SSSR count). The van der Waals surface area contributed by atoms with E-state index in [9.17, 15) is 24.0 Å². The third-order valence-corrected chi connectivity index (χ3v) is 5.42. The largest absolute Gasteiger partial charge is 0.455 e. The van der Waals surface area contributed by atoms with Crippen molar-refractivity contribution in [1.82, 2.24) is 4.98 Å². The van der Waals surface area contributed by atoms with Crippen molar-refractivity contribution in [2.75, 3.05) is 5.32 Å². The second-order valence-electron chi connectivity index (χ2n) is 7.23. The van der Waals surface area contributed by atoms with Crippen LogP contribution >= 0.6 is 11.3 Å². The Balaban J connectivity index is 1.97. The number of nitrogens with zero attached hydrogens (tertiary/aromatic N) is 1. The van der Waals surface area contributed by atoms with Crippen LogP contribution in [0.3, 0.4) is 0 Å². The molecule has 1 N–H and O–H groups in total. The number of nitrogens with one attached hydrogen (secondary N) is 1. The van der Waals surface area contributed by atoms with Crippen molar-refractivity contribution in [3.8, 4) is 0 Å². The Bertz CT molecular complexity index is 1080. The van der Waals surface area contributed by atoms with Gasteiger partial charge in [-0.2, -0.15) is 0 Å². The number of ether oxygens (including phenoxy) is 5. The standard InChI is InChI=1S/C21H22N2O10S/c1-9(24)29-15-16(30-10(2)25)18(31-11(3)26)20(32-12(4)27)33-17(15)19(28)23-21-22-13-7-5-6-8-14(13)34-21/h5-8,15-18,20H,1-4H3,(H,22,23,28)/t15-,16-,17-,18+,20+/m0/s1. The molecule has 1 aliphatic rings. The quantitative estimate of drug-likeness (QED) is 0.456. The predicted octanol–water partition coefficient (Wildman–Crippen LogP) is 1.32. The number of hydrogen-bond donors (Lipinski definition) is 1. The average molecular weight is 494 g/mol. The second-order valence-corrected chi connectivity index (χ2v) is 8.26. The maximum absolute atomic E-state index is 13.2. The fraction of sp³-hybridized carbons (Fsp3) is 0.429. The number of anilines is 1. The lowest BCUT2D eigenvalue weighted by molar-refractivity contribution is -0.289. The normalized spacial score (nSPS) is 24.1. The van der Waals surface area contributed by atoms with Crippen LogP contribution in [0.5, 0.6) is 0 Å². The van der Waals surface area contributed by atoms with Gasteiger partial charge in [0.2, 0.25) is 12.4 Å². The number of hydrogen-bond acceptors (Lipinski definition) is 12. The van der Waals surface area contributed by atoms with Crippen LogP contribution in [-0.2, 0) is 47.7 Å². The fourth-order valence-electron chi connectivity index (χ4n) is 3.35. The molecule has 13 heteroatoms. The van der Waals surface area contributed by atoms with Gasteiger partial charge in [-0.25, -0.2) is 4.98 Å². The van der Waals surface area contributed by atoms with E-state index in [2.05, 4.69) is 10.3 Å². The van der Waals surface area contributed by atoms with Crippen LogP contribution < -0.4 is 5.32 Å². The van der Waals surface area contributed by atoms with Gasteiger partial charge in [0, 0.05) is 27.7 Å². The van der Waals surface area contributed by atoms with Gasteiger partial charge in [0.25, 0.3) is 5.91 Å². The van der Waals surface area contributed by atoms with Gasteiger partial charge in [0.1, 0.15) is 0 Å². The number of rotatable bonds is 6. The van der Waals surface area contributed by atoms with Crippen LogP contribution in [0.2, 0.25) is 0 Å². The Morgan fingerprint density at radius 2 is 1.38 bits per heavy atom. The number of benzene rings is 1. The van der Waals surface area contributed by atoms with Gasteiger partial charge in [-0.1, -0.05) is 23.5 Å². The molecule has 0 radical (unpaired) electrons. The van der Waals surface area contributed by atoms with Crippen molar-refractivity contribution in [2.24, 2.45) is 0 Å². The molecule has 12 nitrogen and oxygen atoms in total. The van der Waals surface area contributed by atoms with Crippen molar-refractivity contribution in [3.05, 3.63) is 24.3 Å². The van der Waals surface area contributed by atoms with Gasteiger partial charge in [-0.05, 0) is 12.1 Å². The summed E-state index contributed by atoms with van der Waals surface area (Å²) in [6.45, 7) is 4.29. The number of para-hydroxylation sites is 1. The van der Waals surface area contributed by atoms with E-state index in [-0.39, 0.29) is 5.13 Å². The Labute approximate surface area is 197 Å². The van der Waals surface area contributed by atoms with Crippen molar-refractivity contribution in [1.29, 1.82) is 0 Å². The number of esters is 4. The molecule has 0 saturated carbocycles. The van der Waals surface area contributed by atoms with Gasteiger partial charge in [-0.15, -0.1) is 0 Å². The average Bonchev–Trinajstić information content (AvgIpc) is 3.12. The zero-order chi connectivity index (χ0) is 25.0. The summed E-state index contributed by atoms with van der Waals surface area (Å²) < 4.78 is 27.2. The summed E-state index contributed by atoms with van der Waals surface area (Å²) in [6, 6.07) is 7.18. The van der Waals surface area contributed by atoms with Crippen molar-refractivity contribution in [2.45, 2.75) is 58.4 Å². The first-order valence-corrected chi connectivity index (χ1v) is 10.9. The van der Waals surface area contributed by atoms with Crippen LogP contribution in [0.4, 0.5) is 5.13 Å². The number of carbonyl (C=O) groups excluding carboxylic acids is 5. The first kappa shape index (κ1) is 25.1. The fourth-order valence-corrected chi connectivity index (χ4v) is 4.21. The van der Waals surface area contributed by atoms with Gasteiger partial charge in [-0.3, -0.25) is 29.3 Å². The molecule has 0 bridgehead atoms. The lowest BCUT2D eigenvalue weighted by Gasteiger charge is -2.43. The molecule has 0 spiro atoms. The number of carbonyl (C=O) groups is 5. The van der Waals surface area contributed by atoms with Crippen LogP contribution in [0.25, 0.3) is 10.2 Å². The highest BCUT2D eigenvalue weighted by atomic mass is 32.1. The molecule has 1 aromatic heterocycles. The Morgan fingerprint density at radius 3 is 1.97 bits per heavy atom. The second kappa shape index (κ2) is 10.6. The van der Waals surface area contributed by atoms with Crippen LogP contribution in [0.15, 0.2) is 24.3 Å². The minimum absolute atomic E-state index is 0.228. The first-order valence-electron chi connectivity index (χ1n) is 10.1. The predicted molar refractivity (Wildman–Crippen MR) is 115 cm³/mol. The van der Waals surface area contributed by atoms with Crippen molar-refractivity contribution in [3.63, 3.8) is 0 Å². The molecule has 34 heavy (non-hydrogen) atoms. The topological polar surface area (TPSA) is 156 Å². The van der Waals surface area contributed by atoms with E-state index in [4.69, 9.17) is 23.7 Å². The maximum Gasteiger partial charge on any atom is 0.305 e. The zero-order valence-electron chi connectivity index (χ0n) is 18.6. The molecule has 5 atom stereocenters. The molecule has 1 saturated heterocycles. The molecule has 1 aromatic carbocycles. The van der Waals surface area contributed by atoms with E-state index in [1.165, 1.54) is 11.3 Å². The summed E-state index contributed by atoms with van der Waals surface area (Å²) in [5.74, 6) is -4.10. The monoisotopic (exact) mass is 494 g/mol. The highest BCUT2D eigenvalue weighted by Crippen LogP contribution is 2.31. The SMILES string of the molecule is CC(=O)O[C@@H]1O[C@H](C(=O)Nc2nc3ccccc3s2)[C@@H](OC(C)=O)[C@H](OC(C)=O)[C@H]1OC(C)=O. The van der Waals surface area contributed by atoms with Crippen molar-refractivity contribution >= 4 is 56.5 Å². The minimum atomic E-state index is -1.64. The van der Waals surface area contributed by atoms with Gasteiger partial charge >= 0.3 is 23.9 Å². The zero-order valence-corrected chi connectivity index (χ0v) is 19.5. The minimum Gasteiger partial charge on any atom is -0.455 e. The van der Waals surface area contributed by atoms with Gasteiger partial charge in [0.05, 0.1) is 10.2 Å². The third-order valence-electron chi connectivity index (χ3n) is 4.47. The number of aromatic nitrogens is 1. The molecular formula is C21H22N2O10S. The van der Waals surface area contributed by atoms with Crippen molar-refractivity contribution < 1.29 is 47.7 Å². The number of amides is 1. The summed E-state index contributed by atoms with van der Waals surface area (Å²) in [4.78, 5) is 64.5. The van der Waals surface area contributed by atoms with Gasteiger partial charge in [0.15, 0.2) is 23.4 Å². The van der Waals surface area contributed by atoms with E-state index in [0.29, 0.717) is 5.52 Å². The summed E-state index contributed by atoms with van der Waals surface area (Å²) in [5.41, 5.74) is 0.648. The maximum atomic E-state index is 13.2. The summed E-state index contributed by atoms with van der Waals surface area (Å²) in [7, 11) is 0. The van der Waals surface area contributed by atoms with Crippen LogP contribution in [-0.4, -0.2) is 65.5 Å². The van der Waals surface area contributed by atoms with E-state index in [1.807, 2.05) is 12.1 Å². The van der Waals surface area contributed by atoms with E-state index < -0.39 is 60.5 Å². The smallest absolute Gasteiger partial charge is 0.305 e. The number of thiazole rings is 1.